The summed E-state index contributed by atoms with van der Waals surface area (Å²) in [5.74, 6) is -0.0131. The lowest BCUT2D eigenvalue weighted by Crippen LogP contribution is -2.45. The highest BCUT2D eigenvalue weighted by Crippen LogP contribution is 2.22. The van der Waals surface area contributed by atoms with Crippen LogP contribution in [0.3, 0.4) is 0 Å². The molecule has 1 aliphatic heterocycles. The predicted octanol–water partition coefficient (Wildman–Crippen LogP) is 3.83. The number of aromatic nitrogens is 1. The summed E-state index contributed by atoms with van der Waals surface area (Å²) in [7, 11) is 1.83. The van der Waals surface area contributed by atoms with Gasteiger partial charge in [0.1, 0.15) is 0 Å². The molecule has 150 valence electrons. The largest absolute Gasteiger partial charge is 0.340 e. The molecule has 0 radical (unpaired) electrons. The summed E-state index contributed by atoms with van der Waals surface area (Å²) < 4.78 is 0. The highest BCUT2D eigenvalue weighted by atomic mass is 32.1. The number of rotatable bonds is 5. The van der Waals surface area contributed by atoms with Gasteiger partial charge in [0.05, 0.1) is 23.2 Å². The zero-order valence-corrected chi connectivity index (χ0v) is 18.0. The Morgan fingerprint density at radius 2 is 1.96 bits per heavy atom. The molecule has 1 aromatic heterocycles. The number of likely N-dealkylation sites (tertiary alicyclic amines) is 1. The number of aryl methyl sites for hydroxylation is 3. The molecule has 3 rings (SSSR count). The first-order chi connectivity index (χ1) is 13.4. The van der Waals surface area contributed by atoms with Crippen LogP contribution in [-0.4, -0.2) is 46.7 Å². The molecule has 0 saturated carbocycles. The van der Waals surface area contributed by atoms with Gasteiger partial charge in [0.25, 0.3) is 5.91 Å². The summed E-state index contributed by atoms with van der Waals surface area (Å²) in [4.78, 5) is 34.1. The van der Waals surface area contributed by atoms with Crippen LogP contribution in [0.25, 0.3) is 0 Å². The van der Waals surface area contributed by atoms with Crippen molar-refractivity contribution in [1.82, 2.24) is 14.8 Å². The third kappa shape index (κ3) is 4.79. The molecule has 0 spiro atoms. The van der Waals surface area contributed by atoms with Crippen LogP contribution in [0.15, 0.2) is 23.6 Å². The second kappa shape index (κ2) is 8.86. The van der Waals surface area contributed by atoms with Gasteiger partial charge < -0.3 is 9.80 Å². The quantitative estimate of drug-likeness (QED) is 0.768. The molecule has 0 N–H and O–H groups in total. The molecule has 1 fully saturated rings. The van der Waals surface area contributed by atoms with Crippen LogP contribution >= 0.6 is 11.3 Å². The van der Waals surface area contributed by atoms with E-state index in [0.29, 0.717) is 25.2 Å². The van der Waals surface area contributed by atoms with Crippen LogP contribution in [0.5, 0.6) is 0 Å². The fourth-order valence-corrected chi connectivity index (χ4v) is 4.60. The molecular formula is C22H29N3O2S. The van der Waals surface area contributed by atoms with Crippen LogP contribution in [0.1, 0.15) is 52.0 Å². The molecule has 1 aromatic carbocycles. The van der Waals surface area contributed by atoms with Gasteiger partial charge in [0.15, 0.2) is 0 Å². The van der Waals surface area contributed by atoms with E-state index in [1.807, 2.05) is 43.3 Å². The number of carbonyl (C=O) groups excluding carboxylic acids is 2. The second-order valence-electron chi connectivity index (χ2n) is 7.75. The first-order valence-corrected chi connectivity index (χ1v) is 10.8. The molecule has 2 heterocycles. The van der Waals surface area contributed by atoms with Crippen molar-refractivity contribution in [1.29, 1.82) is 0 Å². The maximum Gasteiger partial charge on any atom is 0.253 e. The maximum absolute atomic E-state index is 13.0. The Kier molecular flexibility index (Phi) is 6.50. The molecule has 1 unspecified atom stereocenters. The van der Waals surface area contributed by atoms with Gasteiger partial charge >= 0.3 is 0 Å². The topological polar surface area (TPSA) is 53.5 Å². The van der Waals surface area contributed by atoms with Gasteiger partial charge in [-0.25, -0.2) is 4.98 Å². The van der Waals surface area contributed by atoms with Gasteiger partial charge in [-0.1, -0.05) is 24.1 Å². The molecular weight excluding hydrogens is 370 g/mol. The Morgan fingerprint density at radius 1 is 1.25 bits per heavy atom. The number of hydrogen-bond donors (Lipinski definition) is 0. The fourth-order valence-electron chi connectivity index (χ4n) is 3.86. The average Bonchev–Trinajstić information content (AvgIpc) is 3.13. The van der Waals surface area contributed by atoms with E-state index < -0.39 is 0 Å². The lowest BCUT2D eigenvalue weighted by Gasteiger charge is -2.34. The molecule has 6 heteroatoms. The Bertz CT molecular complexity index is 841. The molecule has 1 atom stereocenters. The SMILES string of the molecule is CCc1nc(CN(C)C(=O)C2CCCN(C(=O)c3cc(C)cc(C)c3)C2)cs1. The van der Waals surface area contributed by atoms with Crippen molar-refractivity contribution in [2.45, 2.75) is 46.6 Å². The summed E-state index contributed by atoms with van der Waals surface area (Å²) in [5.41, 5.74) is 3.83. The van der Waals surface area contributed by atoms with Crippen molar-refractivity contribution in [2.75, 3.05) is 20.1 Å². The van der Waals surface area contributed by atoms with E-state index in [2.05, 4.69) is 18.0 Å². The lowest BCUT2D eigenvalue weighted by atomic mass is 9.95. The highest BCUT2D eigenvalue weighted by molar-refractivity contribution is 7.09. The van der Waals surface area contributed by atoms with E-state index in [1.165, 1.54) is 0 Å². The summed E-state index contributed by atoms with van der Waals surface area (Å²) in [6.45, 7) is 7.82. The van der Waals surface area contributed by atoms with Crippen molar-refractivity contribution >= 4 is 23.2 Å². The van der Waals surface area contributed by atoms with Gasteiger partial charge in [0.2, 0.25) is 5.91 Å². The van der Waals surface area contributed by atoms with Gasteiger partial charge in [-0.05, 0) is 45.2 Å². The average molecular weight is 400 g/mol. The normalized spacial score (nSPS) is 16.9. The highest BCUT2D eigenvalue weighted by Gasteiger charge is 2.31. The standard InChI is InChI=1S/C22H29N3O2S/c1-5-20-23-19(14-28-20)13-24(4)21(26)17-7-6-8-25(12-17)22(27)18-10-15(2)9-16(3)11-18/h9-11,14,17H,5-8,12-13H2,1-4H3. The van der Waals surface area contributed by atoms with Gasteiger partial charge in [0, 0.05) is 31.1 Å². The molecule has 0 bridgehead atoms. The minimum absolute atomic E-state index is 0.0269. The van der Waals surface area contributed by atoms with E-state index >= 15 is 0 Å². The first-order valence-electron chi connectivity index (χ1n) is 9.93. The van der Waals surface area contributed by atoms with Crippen LogP contribution in [-0.2, 0) is 17.8 Å². The molecule has 5 nitrogen and oxygen atoms in total. The summed E-state index contributed by atoms with van der Waals surface area (Å²) >= 11 is 1.64. The number of benzene rings is 1. The molecule has 1 aliphatic rings. The monoisotopic (exact) mass is 399 g/mol. The zero-order chi connectivity index (χ0) is 20.3. The van der Waals surface area contributed by atoms with Crippen molar-refractivity contribution in [3.8, 4) is 0 Å². The van der Waals surface area contributed by atoms with Crippen LogP contribution in [0.2, 0.25) is 0 Å². The molecule has 0 aliphatic carbocycles. The molecule has 28 heavy (non-hydrogen) atoms. The first kappa shape index (κ1) is 20.5. The lowest BCUT2D eigenvalue weighted by molar-refractivity contribution is -0.136. The molecule has 2 amide bonds. The van der Waals surface area contributed by atoms with Crippen LogP contribution in [0, 0.1) is 19.8 Å². The number of nitrogens with zero attached hydrogens (tertiary/aromatic N) is 3. The second-order valence-corrected chi connectivity index (χ2v) is 8.69. The summed E-state index contributed by atoms with van der Waals surface area (Å²) in [5, 5.41) is 3.12. The van der Waals surface area contributed by atoms with Gasteiger partial charge in [-0.2, -0.15) is 0 Å². The molecule has 2 aromatic rings. The smallest absolute Gasteiger partial charge is 0.253 e. The minimum Gasteiger partial charge on any atom is -0.340 e. The van der Waals surface area contributed by atoms with E-state index in [1.54, 1.807) is 16.2 Å². The number of amides is 2. The van der Waals surface area contributed by atoms with Crippen LogP contribution < -0.4 is 0 Å². The van der Waals surface area contributed by atoms with Gasteiger partial charge in [-0.15, -0.1) is 11.3 Å². The summed E-state index contributed by atoms with van der Waals surface area (Å²) in [6.07, 6.45) is 2.61. The van der Waals surface area contributed by atoms with Crippen LogP contribution in [0.4, 0.5) is 0 Å². The summed E-state index contributed by atoms with van der Waals surface area (Å²) in [6, 6.07) is 5.93. The molecule has 1 saturated heterocycles. The predicted molar refractivity (Wildman–Crippen MR) is 113 cm³/mol. The fraction of sp³-hybridized carbons (Fsp3) is 0.500. The van der Waals surface area contributed by atoms with E-state index in [-0.39, 0.29) is 17.7 Å². The number of hydrogen-bond acceptors (Lipinski definition) is 4. The van der Waals surface area contributed by atoms with E-state index in [0.717, 1.165) is 41.1 Å². The van der Waals surface area contributed by atoms with E-state index in [4.69, 9.17) is 0 Å². The number of thiazole rings is 1. The Hall–Kier alpha value is -2.21. The zero-order valence-electron chi connectivity index (χ0n) is 17.2. The van der Waals surface area contributed by atoms with Crippen molar-refractivity contribution < 1.29 is 9.59 Å². The Morgan fingerprint density at radius 3 is 2.61 bits per heavy atom. The Labute approximate surface area is 171 Å². The van der Waals surface area contributed by atoms with Crippen molar-refractivity contribution in [3.63, 3.8) is 0 Å². The van der Waals surface area contributed by atoms with E-state index in [9.17, 15) is 9.59 Å². The third-order valence-corrected chi connectivity index (χ3v) is 6.25. The number of piperidine rings is 1. The third-order valence-electron chi connectivity index (χ3n) is 5.20. The minimum atomic E-state index is -0.141. The van der Waals surface area contributed by atoms with Gasteiger partial charge in [-0.3, -0.25) is 9.59 Å². The maximum atomic E-state index is 13.0. The van der Waals surface area contributed by atoms with Crippen molar-refractivity contribution in [2.24, 2.45) is 5.92 Å². The van der Waals surface area contributed by atoms with Crippen molar-refractivity contribution in [3.05, 3.63) is 51.0 Å². The number of carbonyl (C=O) groups is 2. The Balaban J connectivity index is 1.64.